The molecule has 88 valence electrons. The van der Waals surface area contributed by atoms with Gasteiger partial charge in [0.05, 0.1) is 11.4 Å². The van der Waals surface area contributed by atoms with E-state index in [1.807, 2.05) is 18.2 Å². The molecule has 1 heterocycles. The number of piperazine rings is 1. The Balaban J connectivity index is 2.13. The molecule has 1 fully saturated rings. The smallest absolute Gasteiger partial charge is 0.0733 e. The molecule has 1 aromatic rings. The van der Waals surface area contributed by atoms with Gasteiger partial charge in [-0.15, -0.1) is 4.94 Å². The Kier molecular flexibility index (Phi) is 3.88. The molecular formula is C11H17ClN4. The molecule has 0 saturated carbocycles. The van der Waals surface area contributed by atoms with Crippen molar-refractivity contribution in [1.29, 1.82) is 0 Å². The molecule has 1 aliphatic rings. The zero-order valence-electron chi connectivity index (χ0n) is 9.41. The van der Waals surface area contributed by atoms with Crippen LogP contribution in [0.2, 0.25) is 0 Å². The summed E-state index contributed by atoms with van der Waals surface area (Å²) in [7, 11) is 2.15. The second-order valence-electron chi connectivity index (χ2n) is 4.03. The number of para-hydroxylation sites is 2. The lowest BCUT2D eigenvalue weighted by Gasteiger charge is -2.35. The second-order valence-corrected chi connectivity index (χ2v) is 4.22. The van der Waals surface area contributed by atoms with Gasteiger partial charge in [-0.25, -0.2) is 0 Å². The molecule has 0 aliphatic carbocycles. The van der Waals surface area contributed by atoms with E-state index in [0.717, 1.165) is 31.9 Å². The van der Waals surface area contributed by atoms with Gasteiger partial charge >= 0.3 is 0 Å². The lowest BCUT2D eigenvalue weighted by molar-refractivity contribution is 0.313. The number of likely N-dealkylation sites (N-methyl/N-ethyl adjacent to an activating group) is 1. The van der Waals surface area contributed by atoms with E-state index < -0.39 is 0 Å². The highest BCUT2D eigenvalue weighted by molar-refractivity contribution is 6.14. The third-order valence-corrected chi connectivity index (χ3v) is 3.02. The Morgan fingerprint density at radius 3 is 2.50 bits per heavy atom. The number of rotatable bonds is 3. The average Bonchev–Trinajstić information content (AvgIpc) is 2.32. The average molecular weight is 241 g/mol. The van der Waals surface area contributed by atoms with Gasteiger partial charge in [0.25, 0.3) is 0 Å². The van der Waals surface area contributed by atoms with Crippen LogP contribution in [0.25, 0.3) is 0 Å². The quantitative estimate of drug-likeness (QED) is 0.620. The van der Waals surface area contributed by atoms with Gasteiger partial charge in [-0.1, -0.05) is 12.1 Å². The Morgan fingerprint density at radius 2 is 1.81 bits per heavy atom. The first-order valence-corrected chi connectivity index (χ1v) is 5.83. The van der Waals surface area contributed by atoms with Crippen molar-refractivity contribution in [3.05, 3.63) is 24.3 Å². The van der Waals surface area contributed by atoms with Crippen LogP contribution in [-0.2, 0) is 0 Å². The molecule has 0 atom stereocenters. The minimum atomic E-state index is 1.02. The number of halogens is 1. The van der Waals surface area contributed by atoms with Crippen molar-refractivity contribution in [2.75, 3.05) is 43.6 Å². The van der Waals surface area contributed by atoms with E-state index in [1.54, 1.807) is 0 Å². The van der Waals surface area contributed by atoms with Crippen LogP contribution in [-0.4, -0.2) is 38.1 Å². The molecular weight excluding hydrogens is 224 g/mol. The van der Waals surface area contributed by atoms with E-state index in [9.17, 15) is 0 Å². The minimum Gasteiger partial charge on any atom is -0.367 e. The number of hydrogen-bond acceptors (Lipinski definition) is 4. The minimum absolute atomic E-state index is 1.02. The Bertz CT molecular complexity index is 337. The summed E-state index contributed by atoms with van der Waals surface area (Å²) in [5, 5.41) is 0. The van der Waals surface area contributed by atoms with Gasteiger partial charge in [0.15, 0.2) is 0 Å². The predicted octanol–water partition coefficient (Wildman–Crippen LogP) is 1.51. The first-order valence-electron chi connectivity index (χ1n) is 5.45. The first kappa shape index (κ1) is 11.5. The van der Waals surface area contributed by atoms with Gasteiger partial charge in [0, 0.05) is 26.2 Å². The first-order chi connectivity index (χ1) is 7.81. The van der Waals surface area contributed by atoms with Crippen LogP contribution in [0.1, 0.15) is 0 Å². The maximum atomic E-state index is 5.48. The highest BCUT2D eigenvalue weighted by atomic mass is 35.5. The molecule has 0 amide bonds. The molecule has 1 saturated heterocycles. The van der Waals surface area contributed by atoms with Gasteiger partial charge in [-0.05, 0) is 31.0 Å². The molecule has 0 aromatic heterocycles. The molecule has 1 aromatic carbocycles. The fourth-order valence-corrected chi connectivity index (χ4v) is 2.06. The van der Waals surface area contributed by atoms with Crippen LogP contribution >= 0.6 is 11.8 Å². The molecule has 0 unspecified atom stereocenters. The number of hydrogen-bond donors (Lipinski definition) is 2. The van der Waals surface area contributed by atoms with Gasteiger partial charge in [0.1, 0.15) is 0 Å². The van der Waals surface area contributed by atoms with E-state index in [2.05, 4.69) is 33.3 Å². The van der Waals surface area contributed by atoms with Crippen molar-refractivity contribution < 1.29 is 0 Å². The van der Waals surface area contributed by atoms with Crippen LogP contribution in [0.3, 0.4) is 0 Å². The number of nitrogens with one attached hydrogen (secondary N) is 2. The zero-order valence-corrected chi connectivity index (χ0v) is 10.2. The van der Waals surface area contributed by atoms with Crippen LogP contribution in [0.5, 0.6) is 0 Å². The summed E-state index contributed by atoms with van der Waals surface area (Å²) in [5.41, 5.74) is 5.16. The second kappa shape index (κ2) is 5.39. The third kappa shape index (κ3) is 2.58. The van der Waals surface area contributed by atoms with Gasteiger partial charge in [-0.2, -0.15) is 0 Å². The Labute approximate surface area is 101 Å². The largest absolute Gasteiger partial charge is 0.367 e. The van der Waals surface area contributed by atoms with E-state index in [-0.39, 0.29) is 0 Å². The summed E-state index contributed by atoms with van der Waals surface area (Å²) in [5.74, 6) is 0. The summed E-state index contributed by atoms with van der Waals surface area (Å²) in [6, 6.07) is 8.17. The van der Waals surface area contributed by atoms with E-state index in [4.69, 9.17) is 11.8 Å². The summed E-state index contributed by atoms with van der Waals surface area (Å²) < 4.78 is 0. The summed E-state index contributed by atoms with van der Waals surface area (Å²) in [6.45, 7) is 4.31. The molecule has 0 spiro atoms. The Morgan fingerprint density at radius 1 is 1.12 bits per heavy atom. The van der Waals surface area contributed by atoms with E-state index in [0.29, 0.717) is 0 Å². The lowest BCUT2D eigenvalue weighted by atomic mass is 10.2. The van der Waals surface area contributed by atoms with Gasteiger partial charge in [0.2, 0.25) is 0 Å². The standard InChI is InChI=1S/C11H17ClN4/c1-15-6-8-16(9-7-15)11-5-3-2-4-10(11)13-14-12/h2-5,13-14H,6-9H2,1H3. The van der Waals surface area contributed by atoms with Crippen LogP contribution < -0.4 is 15.3 Å². The maximum Gasteiger partial charge on any atom is 0.0733 e. The normalized spacial score (nSPS) is 17.5. The monoisotopic (exact) mass is 240 g/mol. The number of benzene rings is 1. The fourth-order valence-electron chi connectivity index (χ4n) is 1.95. The van der Waals surface area contributed by atoms with Crippen molar-refractivity contribution in [3.8, 4) is 0 Å². The molecule has 1 aliphatic heterocycles. The molecule has 0 radical (unpaired) electrons. The molecule has 16 heavy (non-hydrogen) atoms. The Hall–Kier alpha value is -0.970. The lowest BCUT2D eigenvalue weighted by Crippen LogP contribution is -2.44. The summed E-state index contributed by atoms with van der Waals surface area (Å²) in [4.78, 5) is 7.17. The van der Waals surface area contributed by atoms with Crippen molar-refractivity contribution >= 4 is 23.2 Å². The molecule has 2 rings (SSSR count). The van der Waals surface area contributed by atoms with Crippen LogP contribution in [0.15, 0.2) is 24.3 Å². The molecule has 2 N–H and O–H groups in total. The van der Waals surface area contributed by atoms with E-state index >= 15 is 0 Å². The van der Waals surface area contributed by atoms with E-state index in [1.165, 1.54) is 5.69 Å². The van der Waals surface area contributed by atoms with Crippen molar-refractivity contribution in [1.82, 2.24) is 9.84 Å². The van der Waals surface area contributed by atoms with Crippen molar-refractivity contribution in [2.45, 2.75) is 0 Å². The van der Waals surface area contributed by atoms with Crippen LogP contribution in [0, 0.1) is 0 Å². The van der Waals surface area contributed by atoms with Crippen molar-refractivity contribution in [3.63, 3.8) is 0 Å². The third-order valence-electron chi connectivity index (χ3n) is 2.93. The number of anilines is 2. The van der Waals surface area contributed by atoms with Crippen molar-refractivity contribution in [2.24, 2.45) is 0 Å². The maximum absolute atomic E-state index is 5.48. The molecule has 0 bridgehead atoms. The van der Waals surface area contributed by atoms with Gasteiger partial charge < -0.3 is 15.2 Å². The topological polar surface area (TPSA) is 30.5 Å². The molecule has 4 nitrogen and oxygen atoms in total. The zero-order chi connectivity index (χ0) is 11.4. The summed E-state index contributed by atoms with van der Waals surface area (Å²) >= 11 is 5.48. The van der Waals surface area contributed by atoms with Crippen LogP contribution in [0.4, 0.5) is 11.4 Å². The highest BCUT2D eigenvalue weighted by Gasteiger charge is 2.16. The number of hydrazine groups is 1. The van der Waals surface area contributed by atoms with Gasteiger partial charge in [-0.3, -0.25) is 0 Å². The number of nitrogens with zero attached hydrogens (tertiary/aromatic N) is 2. The molecule has 5 heteroatoms. The fraction of sp³-hybridized carbons (Fsp3) is 0.455. The highest BCUT2D eigenvalue weighted by Crippen LogP contribution is 2.25. The predicted molar refractivity (Wildman–Crippen MR) is 68.8 cm³/mol. The summed E-state index contributed by atoms with van der Waals surface area (Å²) in [6.07, 6.45) is 0. The SMILES string of the molecule is CN1CCN(c2ccccc2NNCl)CC1.